The number of hydrogen-bond acceptors (Lipinski definition) is 4. The third-order valence-electron chi connectivity index (χ3n) is 3.20. The normalized spacial score (nSPS) is 11.0. The maximum Gasteiger partial charge on any atom is 0.417 e. The summed E-state index contributed by atoms with van der Waals surface area (Å²) < 4.78 is 48.2. The summed E-state index contributed by atoms with van der Waals surface area (Å²) in [4.78, 5) is 23.7. The smallest absolute Gasteiger partial charge is 0.417 e. The number of esters is 1. The summed E-state index contributed by atoms with van der Waals surface area (Å²) in [7, 11) is 1.43. The van der Waals surface area contributed by atoms with Crippen LogP contribution in [-0.4, -0.2) is 25.6 Å². The van der Waals surface area contributed by atoms with E-state index >= 15 is 0 Å². The minimum atomic E-state index is -4.66. The number of methoxy groups -OCH3 is 1. The lowest BCUT2D eigenvalue weighted by atomic mass is 10.2. The second-order valence-corrected chi connectivity index (χ2v) is 5.46. The van der Waals surface area contributed by atoms with Crippen molar-refractivity contribution >= 4 is 29.2 Å². The number of hydrogen-bond donors (Lipinski definition) is 1. The molecule has 26 heavy (non-hydrogen) atoms. The predicted molar refractivity (Wildman–Crippen MR) is 88.4 cm³/mol. The van der Waals surface area contributed by atoms with Crippen molar-refractivity contribution < 1.29 is 32.2 Å². The Morgan fingerprint density at radius 2 is 1.88 bits per heavy atom. The molecule has 2 rings (SSSR count). The Balaban J connectivity index is 1.98. The minimum Gasteiger partial charge on any atom is -0.497 e. The van der Waals surface area contributed by atoms with Crippen molar-refractivity contribution in [2.45, 2.75) is 6.18 Å². The fourth-order valence-corrected chi connectivity index (χ4v) is 2.21. The zero-order valence-corrected chi connectivity index (χ0v) is 14.1. The highest BCUT2D eigenvalue weighted by molar-refractivity contribution is 6.31. The second-order valence-electron chi connectivity index (χ2n) is 5.05. The second kappa shape index (κ2) is 8.09. The molecule has 1 amide bonds. The molecule has 9 heteroatoms. The van der Waals surface area contributed by atoms with Gasteiger partial charge in [-0.05, 0) is 36.4 Å². The fourth-order valence-electron chi connectivity index (χ4n) is 1.98. The Labute approximate surface area is 151 Å². The van der Waals surface area contributed by atoms with E-state index in [2.05, 4.69) is 5.32 Å². The molecule has 0 aromatic heterocycles. The summed E-state index contributed by atoms with van der Waals surface area (Å²) in [5, 5.41) is 1.73. The first-order valence-electron chi connectivity index (χ1n) is 7.18. The maximum absolute atomic E-state index is 12.8. The van der Waals surface area contributed by atoms with Crippen molar-refractivity contribution in [1.82, 2.24) is 0 Å². The van der Waals surface area contributed by atoms with Crippen LogP contribution in [-0.2, 0) is 15.7 Å². The van der Waals surface area contributed by atoms with Gasteiger partial charge in [-0.15, -0.1) is 0 Å². The zero-order chi connectivity index (χ0) is 19.3. The Morgan fingerprint density at radius 3 is 2.54 bits per heavy atom. The molecule has 0 saturated heterocycles. The quantitative estimate of drug-likeness (QED) is 0.782. The number of nitrogens with one attached hydrogen (secondary N) is 1. The molecule has 0 radical (unpaired) electrons. The Kier molecular flexibility index (Phi) is 6.10. The third kappa shape index (κ3) is 5.13. The summed E-state index contributed by atoms with van der Waals surface area (Å²) in [5.41, 5.74) is -1.03. The molecule has 0 heterocycles. The van der Waals surface area contributed by atoms with Crippen LogP contribution in [0.25, 0.3) is 0 Å². The Bertz CT molecular complexity index is 824. The van der Waals surface area contributed by atoms with E-state index in [0.29, 0.717) is 11.8 Å². The molecule has 0 saturated carbocycles. The van der Waals surface area contributed by atoms with Crippen molar-refractivity contribution in [1.29, 1.82) is 0 Å². The number of rotatable bonds is 5. The molecule has 2 aromatic rings. The number of halogens is 4. The van der Waals surface area contributed by atoms with E-state index < -0.39 is 35.2 Å². The molecule has 2 aromatic carbocycles. The van der Waals surface area contributed by atoms with Crippen LogP contribution in [0.5, 0.6) is 5.75 Å². The standard InChI is InChI=1S/C17H13ClF3NO4/c1-25-12-4-2-3-10(7-12)16(24)26-9-15(23)22-11-5-6-14(18)13(8-11)17(19,20)21/h2-8H,9H2,1H3,(H,22,23). The van der Waals surface area contributed by atoms with Gasteiger partial charge in [0, 0.05) is 5.69 Å². The van der Waals surface area contributed by atoms with Crippen LogP contribution >= 0.6 is 11.6 Å². The van der Waals surface area contributed by atoms with Crippen LogP contribution in [0.3, 0.4) is 0 Å². The van der Waals surface area contributed by atoms with Gasteiger partial charge in [0.15, 0.2) is 6.61 Å². The van der Waals surface area contributed by atoms with Crippen molar-refractivity contribution in [2.24, 2.45) is 0 Å². The average Bonchev–Trinajstić information content (AvgIpc) is 2.60. The van der Waals surface area contributed by atoms with Crippen molar-refractivity contribution in [3.63, 3.8) is 0 Å². The highest BCUT2D eigenvalue weighted by Crippen LogP contribution is 2.36. The van der Waals surface area contributed by atoms with Gasteiger partial charge in [-0.3, -0.25) is 4.79 Å². The van der Waals surface area contributed by atoms with E-state index in [1.165, 1.54) is 25.3 Å². The predicted octanol–water partition coefficient (Wildman–Crippen LogP) is 4.16. The number of alkyl halides is 3. The average molecular weight is 388 g/mol. The van der Waals surface area contributed by atoms with Crippen LogP contribution in [0.1, 0.15) is 15.9 Å². The Hall–Kier alpha value is -2.74. The highest BCUT2D eigenvalue weighted by atomic mass is 35.5. The Morgan fingerprint density at radius 1 is 1.15 bits per heavy atom. The van der Waals surface area contributed by atoms with Crippen molar-refractivity contribution in [3.05, 3.63) is 58.6 Å². The lowest BCUT2D eigenvalue weighted by Gasteiger charge is -2.12. The first-order chi connectivity index (χ1) is 12.2. The molecule has 5 nitrogen and oxygen atoms in total. The van der Waals surface area contributed by atoms with E-state index in [-0.39, 0.29) is 11.3 Å². The summed E-state index contributed by atoms with van der Waals surface area (Å²) in [5.74, 6) is -1.13. The fraction of sp³-hybridized carbons (Fsp3) is 0.176. The van der Waals surface area contributed by atoms with Gasteiger partial charge < -0.3 is 14.8 Å². The summed E-state index contributed by atoms with van der Waals surface area (Å²) >= 11 is 5.50. The molecular weight excluding hydrogens is 375 g/mol. The lowest BCUT2D eigenvalue weighted by molar-refractivity contribution is -0.137. The summed E-state index contributed by atoms with van der Waals surface area (Å²) in [6, 6.07) is 9.02. The molecule has 0 fully saturated rings. The van der Waals surface area contributed by atoms with Crippen molar-refractivity contribution in [3.8, 4) is 5.75 Å². The number of benzene rings is 2. The maximum atomic E-state index is 12.8. The molecule has 0 atom stereocenters. The molecule has 138 valence electrons. The van der Waals surface area contributed by atoms with Crippen LogP contribution in [0.2, 0.25) is 5.02 Å². The topological polar surface area (TPSA) is 64.6 Å². The van der Waals surface area contributed by atoms with Gasteiger partial charge in [-0.25, -0.2) is 4.79 Å². The van der Waals surface area contributed by atoms with Gasteiger partial charge in [0.25, 0.3) is 5.91 Å². The minimum absolute atomic E-state index is 0.121. The summed E-state index contributed by atoms with van der Waals surface area (Å²) in [6.07, 6.45) is -4.66. The molecule has 0 unspecified atom stereocenters. The molecule has 0 spiro atoms. The van der Waals surface area contributed by atoms with E-state index in [9.17, 15) is 22.8 Å². The molecule has 1 N–H and O–H groups in total. The number of carbonyl (C=O) groups excluding carboxylic acids is 2. The SMILES string of the molecule is COc1cccc(C(=O)OCC(=O)Nc2ccc(Cl)c(C(F)(F)F)c2)c1. The van der Waals surface area contributed by atoms with Gasteiger partial charge in [0.1, 0.15) is 5.75 Å². The van der Waals surface area contributed by atoms with Gasteiger partial charge >= 0.3 is 12.1 Å². The van der Waals surface area contributed by atoms with E-state index in [4.69, 9.17) is 21.1 Å². The van der Waals surface area contributed by atoms with Crippen LogP contribution in [0, 0.1) is 0 Å². The van der Waals surface area contributed by atoms with Gasteiger partial charge in [0.05, 0.1) is 23.3 Å². The first kappa shape index (κ1) is 19.6. The highest BCUT2D eigenvalue weighted by Gasteiger charge is 2.33. The van der Waals surface area contributed by atoms with Crippen LogP contribution < -0.4 is 10.1 Å². The molecule has 0 aliphatic heterocycles. The van der Waals surface area contributed by atoms with E-state index in [1.807, 2.05) is 0 Å². The number of anilines is 1. The van der Waals surface area contributed by atoms with E-state index in [0.717, 1.165) is 6.07 Å². The van der Waals surface area contributed by atoms with Crippen LogP contribution in [0.15, 0.2) is 42.5 Å². The number of amides is 1. The molecule has 0 aliphatic carbocycles. The molecular formula is C17H13ClF3NO4. The lowest BCUT2D eigenvalue weighted by Crippen LogP contribution is -2.21. The van der Waals surface area contributed by atoms with E-state index in [1.54, 1.807) is 12.1 Å². The summed E-state index contributed by atoms with van der Waals surface area (Å²) in [6.45, 7) is -0.667. The number of ether oxygens (including phenoxy) is 2. The number of carbonyl (C=O) groups is 2. The monoisotopic (exact) mass is 387 g/mol. The largest absolute Gasteiger partial charge is 0.497 e. The molecule has 0 aliphatic rings. The first-order valence-corrected chi connectivity index (χ1v) is 7.56. The van der Waals surface area contributed by atoms with Gasteiger partial charge in [-0.1, -0.05) is 17.7 Å². The zero-order valence-electron chi connectivity index (χ0n) is 13.4. The third-order valence-corrected chi connectivity index (χ3v) is 3.52. The molecule has 0 bridgehead atoms. The van der Waals surface area contributed by atoms with Crippen LogP contribution in [0.4, 0.5) is 18.9 Å². The van der Waals surface area contributed by atoms with Crippen molar-refractivity contribution in [2.75, 3.05) is 19.0 Å². The van der Waals surface area contributed by atoms with Gasteiger partial charge in [-0.2, -0.15) is 13.2 Å². The van der Waals surface area contributed by atoms with Gasteiger partial charge in [0.2, 0.25) is 0 Å².